The van der Waals surface area contributed by atoms with Gasteiger partial charge in [0.25, 0.3) is 0 Å². The first kappa shape index (κ1) is 11.3. The summed E-state index contributed by atoms with van der Waals surface area (Å²) >= 11 is 1.49. The first-order chi connectivity index (χ1) is 8.36. The number of aromatic hydroxyl groups is 1. The molecule has 5 nitrogen and oxygen atoms in total. The van der Waals surface area contributed by atoms with Crippen LogP contribution in [0.5, 0.6) is 5.75 Å². The van der Waals surface area contributed by atoms with E-state index in [1.165, 1.54) is 11.3 Å². The minimum Gasteiger partial charge on any atom is -0.507 e. The Morgan fingerprint density at radius 3 is 2.47 bits per heavy atom. The molecule has 3 rings (SSSR count). The van der Waals surface area contributed by atoms with Crippen LogP contribution >= 0.6 is 11.3 Å². The lowest BCUT2D eigenvalue weighted by molar-refractivity contribution is 0.478. The maximum Gasteiger partial charge on any atom is 0.161 e. The van der Waals surface area contributed by atoms with Gasteiger partial charge in [-0.05, 0) is 23.6 Å². The largest absolute Gasteiger partial charge is 0.507 e. The molecule has 0 atom stereocenters. The van der Waals surface area contributed by atoms with Gasteiger partial charge in [0.1, 0.15) is 12.1 Å². The summed E-state index contributed by atoms with van der Waals surface area (Å²) in [5.41, 5.74) is 0.998. The molecule has 3 aromatic heterocycles. The maximum atomic E-state index is 8.48. The fourth-order valence-corrected chi connectivity index (χ4v) is 1.63. The highest BCUT2D eigenvalue weighted by Gasteiger charge is 1.96. The van der Waals surface area contributed by atoms with Crippen LogP contribution in [0.1, 0.15) is 0 Å². The van der Waals surface area contributed by atoms with E-state index < -0.39 is 0 Å². The normalized spacial score (nSPS) is 9.41. The van der Waals surface area contributed by atoms with Gasteiger partial charge in [0.05, 0.1) is 0 Å². The van der Waals surface area contributed by atoms with Crippen molar-refractivity contribution in [3.05, 3.63) is 47.7 Å². The molecule has 0 aliphatic heterocycles. The van der Waals surface area contributed by atoms with E-state index in [9.17, 15) is 0 Å². The van der Waals surface area contributed by atoms with E-state index in [-0.39, 0.29) is 0 Å². The van der Waals surface area contributed by atoms with Gasteiger partial charge in [-0.15, -0.1) is 21.5 Å². The first-order valence-electron chi connectivity index (χ1n) is 4.84. The van der Waals surface area contributed by atoms with Crippen molar-refractivity contribution in [1.82, 2.24) is 20.2 Å². The number of H-pyrrole nitrogens is 1. The van der Waals surface area contributed by atoms with Crippen LogP contribution < -0.4 is 0 Å². The molecule has 0 spiro atoms. The van der Waals surface area contributed by atoms with Gasteiger partial charge in [0.2, 0.25) is 0 Å². The summed E-state index contributed by atoms with van der Waals surface area (Å²) in [5.74, 6) is 1.13. The SMILES string of the molecule is Oc1ccsc1.c1cc(-c2nnc[nH]2)ccn1. The highest BCUT2D eigenvalue weighted by atomic mass is 32.1. The van der Waals surface area contributed by atoms with Crippen molar-refractivity contribution in [2.24, 2.45) is 0 Å². The fourth-order valence-electron chi connectivity index (χ4n) is 1.11. The van der Waals surface area contributed by atoms with Crippen LogP contribution in [0, 0.1) is 0 Å². The van der Waals surface area contributed by atoms with E-state index in [1.807, 2.05) is 17.5 Å². The van der Waals surface area contributed by atoms with E-state index in [1.54, 1.807) is 30.2 Å². The molecule has 6 heteroatoms. The van der Waals surface area contributed by atoms with Crippen molar-refractivity contribution in [2.45, 2.75) is 0 Å². The molecule has 86 valence electrons. The van der Waals surface area contributed by atoms with E-state index in [0.29, 0.717) is 5.75 Å². The smallest absolute Gasteiger partial charge is 0.161 e. The zero-order valence-corrected chi connectivity index (χ0v) is 9.63. The van der Waals surface area contributed by atoms with E-state index in [4.69, 9.17) is 5.11 Å². The molecule has 17 heavy (non-hydrogen) atoms. The molecular formula is C11H10N4OS. The lowest BCUT2D eigenvalue weighted by atomic mass is 10.3. The number of aromatic amines is 1. The molecule has 3 heterocycles. The van der Waals surface area contributed by atoms with Crippen molar-refractivity contribution in [3.8, 4) is 17.1 Å². The average molecular weight is 246 g/mol. The Kier molecular flexibility index (Phi) is 3.82. The Balaban J connectivity index is 0.000000153. The summed E-state index contributed by atoms with van der Waals surface area (Å²) in [6, 6.07) is 5.41. The van der Waals surface area contributed by atoms with Crippen molar-refractivity contribution >= 4 is 11.3 Å². The number of hydrogen-bond donors (Lipinski definition) is 2. The summed E-state index contributed by atoms with van der Waals surface area (Å²) < 4.78 is 0. The third kappa shape index (κ3) is 3.39. The van der Waals surface area contributed by atoms with Gasteiger partial charge in [0.15, 0.2) is 5.82 Å². The molecule has 2 N–H and O–H groups in total. The lowest BCUT2D eigenvalue weighted by Crippen LogP contribution is -1.79. The first-order valence-corrected chi connectivity index (χ1v) is 5.78. The van der Waals surface area contributed by atoms with Gasteiger partial charge < -0.3 is 10.1 Å². The van der Waals surface area contributed by atoms with Gasteiger partial charge in [-0.3, -0.25) is 4.98 Å². The second-order valence-corrected chi connectivity index (χ2v) is 3.83. The number of nitrogens with one attached hydrogen (secondary N) is 1. The van der Waals surface area contributed by atoms with Crippen molar-refractivity contribution in [2.75, 3.05) is 0 Å². The molecule has 3 aromatic rings. The van der Waals surface area contributed by atoms with Crippen LogP contribution in [0.3, 0.4) is 0 Å². The molecule has 0 unspecified atom stereocenters. The minimum atomic E-state index is 0.361. The third-order valence-corrected chi connectivity index (χ3v) is 2.55. The fraction of sp³-hybridized carbons (Fsp3) is 0. The molecule has 0 saturated heterocycles. The highest BCUT2D eigenvalue weighted by Crippen LogP contribution is 2.11. The summed E-state index contributed by atoms with van der Waals surface area (Å²) in [4.78, 5) is 6.80. The average Bonchev–Trinajstić information content (AvgIpc) is 3.03. The van der Waals surface area contributed by atoms with E-state index in [0.717, 1.165) is 11.4 Å². The second kappa shape index (κ2) is 5.76. The molecule has 0 aromatic carbocycles. The molecule has 0 saturated carbocycles. The van der Waals surface area contributed by atoms with Crippen LogP contribution in [-0.2, 0) is 0 Å². The van der Waals surface area contributed by atoms with Crippen LogP contribution in [0.15, 0.2) is 47.7 Å². The monoisotopic (exact) mass is 246 g/mol. The summed E-state index contributed by atoms with van der Waals surface area (Å²) in [6.45, 7) is 0. The maximum absolute atomic E-state index is 8.48. The molecule has 0 fully saturated rings. The predicted molar refractivity (Wildman–Crippen MR) is 65.6 cm³/mol. The summed E-state index contributed by atoms with van der Waals surface area (Å²) in [5, 5.41) is 19.5. The molecular weight excluding hydrogens is 236 g/mol. The molecule has 0 aliphatic rings. The van der Waals surface area contributed by atoms with Crippen LogP contribution in [0.25, 0.3) is 11.4 Å². The molecule has 0 radical (unpaired) electrons. The van der Waals surface area contributed by atoms with Gasteiger partial charge >= 0.3 is 0 Å². The molecule has 0 aliphatic carbocycles. The third-order valence-electron chi connectivity index (χ3n) is 1.88. The van der Waals surface area contributed by atoms with Gasteiger partial charge in [-0.2, -0.15) is 0 Å². The minimum absolute atomic E-state index is 0.361. The second-order valence-electron chi connectivity index (χ2n) is 3.05. The molecule has 0 amide bonds. The van der Waals surface area contributed by atoms with E-state index in [2.05, 4.69) is 20.2 Å². The summed E-state index contributed by atoms with van der Waals surface area (Å²) in [6.07, 6.45) is 4.99. The zero-order valence-electron chi connectivity index (χ0n) is 8.82. The van der Waals surface area contributed by atoms with Gasteiger partial charge in [-0.1, -0.05) is 0 Å². The van der Waals surface area contributed by atoms with Crippen molar-refractivity contribution < 1.29 is 5.11 Å². The number of hydrogen-bond acceptors (Lipinski definition) is 5. The van der Waals surface area contributed by atoms with Crippen molar-refractivity contribution in [3.63, 3.8) is 0 Å². The number of nitrogens with zero attached hydrogens (tertiary/aromatic N) is 3. The Morgan fingerprint density at radius 2 is 2.00 bits per heavy atom. The Bertz CT molecular complexity index is 522. The van der Waals surface area contributed by atoms with E-state index >= 15 is 0 Å². The topological polar surface area (TPSA) is 74.7 Å². The number of pyridine rings is 1. The quantitative estimate of drug-likeness (QED) is 0.691. The highest BCUT2D eigenvalue weighted by molar-refractivity contribution is 7.08. The number of rotatable bonds is 1. The van der Waals surface area contributed by atoms with Gasteiger partial charge in [0, 0.05) is 23.3 Å². The number of aromatic nitrogens is 4. The molecule has 0 bridgehead atoms. The van der Waals surface area contributed by atoms with Crippen LogP contribution in [0.2, 0.25) is 0 Å². The van der Waals surface area contributed by atoms with Crippen molar-refractivity contribution in [1.29, 1.82) is 0 Å². The standard InChI is InChI=1S/C7H6N4.C4H4OS/c1-3-8-4-2-6(1)7-9-5-10-11-7;5-4-1-2-6-3-4/h1-5H,(H,9,10,11);1-3,5H. The number of thiophene rings is 1. The van der Waals surface area contributed by atoms with Crippen LogP contribution in [0.4, 0.5) is 0 Å². The zero-order chi connectivity index (χ0) is 11.9. The Hall–Kier alpha value is -2.21. The Morgan fingerprint density at radius 1 is 1.18 bits per heavy atom. The predicted octanol–water partition coefficient (Wildman–Crippen LogP) is 2.32. The summed E-state index contributed by atoms with van der Waals surface area (Å²) in [7, 11) is 0. The Labute approximate surface area is 102 Å². The lowest BCUT2D eigenvalue weighted by Gasteiger charge is -1.90. The van der Waals surface area contributed by atoms with Crippen LogP contribution in [-0.4, -0.2) is 25.3 Å². The van der Waals surface area contributed by atoms with Gasteiger partial charge in [-0.25, -0.2) is 0 Å².